The molecule has 0 bridgehead atoms. The van der Waals surface area contributed by atoms with Crippen LogP contribution in [0.5, 0.6) is 0 Å². The van der Waals surface area contributed by atoms with Crippen LogP contribution in [0.15, 0.2) is 28.7 Å². The lowest BCUT2D eigenvalue weighted by atomic mass is 10.2. The molecule has 0 aliphatic rings. The van der Waals surface area contributed by atoms with Crippen molar-refractivity contribution < 1.29 is 0 Å². The Kier molecular flexibility index (Phi) is 4.92. The van der Waals surface area contributed by atoms with Crippen LogP contribution in [0.4, 0.5) is 0 Å². The van der Waals surface area contributed by atoms with Crippen molar-refractivity contribution in [2.45, 2.75) is 26.8 Å². The van der Waals surface area contributed by atoms with E-state index in [0.717, 1.165) is 34.7 Å². The second-order valence-electron chi connectivity index (χ2n) is 4.18. The fourth-order valence-corrected chi connectivity index (χ4v) is 3.40. The first kappa shape index (κ1) is 13.7. The third-order valence-electron chi connectivity index (χ3n) is 2.71. The summed E-state index contributed by atoms with van der Waals surface area (Å²) in [5, 5.41) is 4.52. The molecule has 0 fully saturated rings. The minimum atomic E-state index is 0.918. The predicted octanol–water partition coefficient (Wildman–Crippen LogP) is 4.38. The monoisotopic (exact) mass is 324 g/mol. The van der Waals surface area contributed by atoms with Gasteiger partial charge in [0.2, 0.25) is 0 Å². The van der Waals surface area contributed by atoms with Crippen molar-refractivity contribution >= 4 is 27.3 Å². The van der Waals surface area contributed by atoms with Crippen molar-refractivity contribution in [3.63, 3.8) is 0 Å². The fraction of sp³-hybridized carbons (Fsp3) is 0.357. The van der Waals surface area contributed by atoms with Gasteiger partial charge in [0, 0.05) is 21.5 Å². The molecule has 4 heteroatoms. The fourth-order valence-electron chi connectivity index (χ4n) is 1.72. The van der Waals surface area contributed by atoms with Gasteiger partial charge in [-0.25, -0.2) is 4.98 Å². The smallest absolute Gasteiger partial charge is 0.125 e. The van der Waals surface area contributed by atoms with Gasteiger partial charge in [-0.05, 0) is 26.0 Å². The number of nitrogens with one attached hydrogen (secondary N) is 1. The molecule has 0 spiro atoms. The number of thiazole rings is 1. The summed E-state index contributed by atoms with van der Waals surface area (Å²) in [6, 6.07) is 8.23. The molecule has 0 aliphatic carbocycles. The minimum absolute atomic E-state index is 0.918. The number of hydrogen-bond donors (Lipinski definition) is 1. The Balaban J connectivity index is 2.21. The number of aromatic nitrogens is 1. The van der Waals surface area contributed by atoms with Crippen molar-refractivity contribution in [1.82, 2.24) is 10.3 Å². The van der Waals surface area contributed by atoms with Crippen LogP contribution in [-0.2, 0) is 6.54 Å². The first-order chi connectivity index (χ1) is 8.72. The summed E-state index contributed by atoms with van der Waals surface area (Å²) in [7, 11) is 0. The molecule has 1 aromatic carbocycles. The van der Waals surface area contributed by atoms with Crippen LogP contribution >= 0.6 is 27.3 Å². The van der Waals surface area contributed by atoms with Crippen LogP contribution in [0.2, 0.25) is 0 Å². The largest absolute Gasteiger partial charge is 0.312 e. The van der Waals surface area contributed by atoms with Crippen molar-refractivity contribution in [2.24, 2.45) is 0 Å². The Labute approximate surface area is 121 Å². The Morgan fingerprint density at radius 1 is 1.33 bits per heavy atom. The molecule has 1 aromatic heterocycles. The van der Waals surface area contributed by atoms with Gasteiger partial charge in [-0.15, -0.1) is 11.3 Å². The van der Waals surface area contributed by atoms with Crippen LogP contribution in [0.25, 0.3) is 10.6 Å². The van der Waals surface area contributed by atoms with Gasteiger partial charge in [-0.1, -0.05) is 41.1 Å². The summed E-state index contributed by atoms with van der Waals surface area (Å²) in [4.78, 5) is 6.00. The highest BCUT2D eigenvalue weighted by atomic mass is 79.9. The van der Waals surface area contributed by atoms with Gasteiger partial charge >= 0.3 is 0 Å². The summed E-state index contributed by atoms with van der Waals surface area (Å²) in [6.07, 6.45) is 1.16. The zero-order chi connectivity index (χ0) is 13.0. The van der Waals surface area contributed by atoms with Gasteiger partial charge in [0.1, 0.15) is 5.01 Å². The molecule has 18 heavy (non-hydrogen) atoms. The summed E-state index contributed by atoms with van der Waals surface area (Å²) in [5.41, 5.74) is 2.31. The lowest BCUT2D eigenvalue weighted by Gasteiger charge is -2.00. The SMILES string of the molecule is CCCNCc1sc(-c2ccccc2Br)nc1C. The average Bonchev–Trinajstić information content (AvgIpc) is 2.72. The zero-order valence-corrected chi connectivity index (χ0v) is 13.1. The lowest BCUT2D eigenvalue weighted by Crippen LogP contribution is -2.13. The molecular formula is C14H17BrN2S. The van der Waals surface area contributed by atoms with Gasteiger partial charge < -0.3 is 5.32 Å². The Hall–Kier alpha value is -0.710. The molecule has 1 N–H and O–H groups in total. The summed E-state index contributed by atoms with van der Waals surface area (Å²) in [6.45, 7) is 6.24. The van der Waals surface area contributed by atoms with E-state index in [-0.39, 0.29) is 0 Å². The van der Waals surface area contributed by atoms with E-state index >= 15 is 0 Å². The molecule has 2 rings (SSSR count). The van der Waals surface area contributed by atoms with Crippen molar-refractivity contribution in [3.05, 3.63) is 39.3 Å². The first-order valence-electron chi connectivity index (χ1n) is 6.14. The van der Waals surface area contributed by atoms with Crippen LogP contribution in [-0.4, -0.2) is 11.5 Å². The zero-order valence-electron chi connectivity index (χ0n) is 10.7. The number of benzene rings is 1. The minimum Gasteiger partial charge on any atom is -0.312 e. The topological polar surface area (TPSA) is 24.9 Å². The van der Waals surface area contributed by atoms with E-state index in [2.05, 4.69) is 52.2 Å². The molecule has 0 atom stereocenters. The Bertz CT molecular complexity index is 522. The maximum atomic E-state index is 4.67. The van der Waals surface area contributed by atoms with Crippen molar-refractivity contribution in [1.29, 1.82) is 0 Å². The molecule has 2 aromatic rings. The van der Waals surface area contributed by atoms with Crippen LogP contribution < -0.4 is 5.32 Å². The number of halogens is 1. The maximum Gasteiger partial charge on any atom is 0.125 e. The van der Waals surface area contributed by atoms with Gasteiger partial charge in [-0.3, -0.25) is 0 Å². The van der Waals surface area contributed by atoms with Gasteiger partial charge in [0.25, 0.3) is 0 Å². The third-order valence-corrected chi connectivity index (χ3v) is 4.59. The van der Waals surface area contributed by atoms with E-state index in [1.807, 2.05) is 12.1 Å². The molecule has 0 saturated carbocycles. The number of nitrogens with zero attached hydrogens (tertiary/aromatic N) is 1. The molecule has 0 radical (unpaired) electrons. The predicted molar refractivity (Wildman–Crippen MR) is 82.0 cm³/mol. The second-order valence-corrected chi connectivity index (χ2v) is 6.12. The molecule has 0 aliphatic heterocycles. The van der Waals surface area contributed by atoms with Crippen LogP contribution in [0.3, 0.4) is 0 Å². The van der Waals surface area contributed by atoms with Crippen LogP contribution in [0.1, 0.15) is 23.9 Å². The molecule has 0 amide bonds. The van der Waals surface area contributed by atoms with Gasteiger partial charge in [-0.2, -0.15) is 0 Å². The standard InChI is InChI=1S/C14H17BrN2S/c1-3-8-16-9-13-10(2)17-14(18-13)11-6-4-5-7-12(11)15/h4-7,16H,3,8-9H2,1-2H3. The molecular weight excluding hydrogens is 308 g/mol. The van der Waals surface area contributed by atoms with E-state index in [0.29, 0.717) is 0 Å². The Morgan fingerprint density at radius 3 is 2.83 bits per heavy atom. The van der Waals surface area contributed by atoms with Crippen molar-refractivity contribution in [3.8, 4) is 10.6 Å². The van der Waals surface area contributed by atoms with Gasteiger partial charge in [0.15, 0.2) is 0 Å². The third kappa shape index (κ3) is 3.19. The van der Waals surface area contributed by atoms with E-state index in [1.54, 1.807) is 11.3 Å². The molecule has 1 heterocycles. The van der Waals surface area contributed by atoms with Crippen molar-refractivity contribution in [2.75, 3.05) is 6.54 Å². The summed E-state index contributed by atoms with van der Waals surface area (Å²) < 4.78 is 1.10. The number of aryl methyl sites for hydroxylation is 1. The summed E-state index contributed by atoms with van der Waals surface area (Å²) in [5.74, 6) is 0. The highest BCUT2D eigenvalue weighted by molar-refractivity contribution is 9.10. The van der Waals surface area contributed by atoms with E-state index < -0.39 is 0 Å². The first-order valence-corrected chi connectivity index (χ1v) is 7.75. The van der Waals surface area contributed by atoms with Crippen LogP contribution in [0, 0.1) is 6.92 Å². The van der Waals surface area contributed by atoms with E-state index in [4.69, 9.17) is 0 Å². The average molecular weight is 325 g/mol. The maximum absolute atomic E-state index is 4.67. The van der Waals surface area contributed by atoms with E-state index in [1.165, 1.54) is 10.4 Å². The summed E-state index contributed by atoms with van der Waals surface area (Å²) >= 11 is 5.36. The molecule has 2 nitrogen and oxygen atoms in total. The highest BCUT2D eigenvalue weighted by Crippen LogP contribution is 2.32. The molecule has 0 unspecified atom stereocenters. The number of rotatable bonds is 5. The Morgan fingerprint density at radius 2 is 2.11 bits per heavy atom. The normalized spacial score (nSPS) is 10.8. The van der Waals surface area contributed by atoms with Gasteiger partial charge in [0.05, 0.1) is 5.69 Å². The van der Waals surface area contributed by atoms with E-state index in [9.17, 15) is 0 Å². The highest BCUT2D eigenvalue weighted by Gasteiger charge is 2.10. The number of hydrogen-bond acceptors (Lipinski definition) is 3. The molecule has 96 valence electrons. The lowest BCUT2D eigenvalue weighted by molar-refractivity contribution is 0.678. The molecule has 0 saturated heterocycles. The second kappa shape index (κ2) is 6.45. The quantitative estimate of drug-likeness (QED) is 0.825.